The van der Waals surface area contributed by atoms with Crippen molar-refractivity contribution in [1.82, 2.24) is 4.90 Å². The van der Waals surface area contributed by atoms with Crippen LogP contribution in [0.15, 0.2) is 48.5 Å². The Labute approximate surface area is 169 Å². The fourth-order valence-corrected chi connectivity index (χ4v) is 3.54. The van der Waals surface area contributed by atoms with E-state index in [1.54, 1.807) is 19.2 Å². The summed E-state index contributed by atoms with van der Waals surface area (Å²) >= 11 is 0. The number of carboxylic acid groups (broad SMARTS) is 1. The zero-order valence-electron chi connectivity index (χ0n) is 16.5. The fourth-order valence-electron chi connectivity index (χ4n) is 3.54. The van der Waals surface area contributed by atoms with Crippen molar-refractivity contribution < 1.29 is 28.9 Å². The zero-order valence-corrected chi connectivity index (χ0v) is 16.5. The number of carbonyl (C=O) groups excluding carboxylic acids is 1. The van der Waals surface area contributed by atoms with Crippen LogP contribution >= 0.6 is 0 Å². The van der Waals surface area contributed by atoms with Crippen LogP contribution in [0.25, 0.3) is 0 Å². The number of benzene rings is 2. The molecular weight excluding hydrogens is 374 g/mol. The molecule has 0 radical (unpaired) electrons. The largest absolute Gasteiger partial charge is 0.493 e. The van der Waals surface area contributed by atoms with Gasteiger partial charge in [-0.1, -0.05) is 36.4 Å². The van der Waals surface area contributed by atoms with Crippen molar-refractivity contribution in [3.8, 4) is 11.5 Å². The minimum Gasteiger partial charge on any atom is -0.493 e. The smallest absolute Gasteiger partial charge is 0.410 e. The van der Waals surface area contributed by atoms with Crippen LogP contribution in [0, 0.1) is 5.92 Å². The van der Waals surface area contributed by atoms with Gasteiger partial charge in [0.25, 0.3) is 0 Å². The summed E-state index contributed by atoms with van der Waals surface area (Å²) < 4.78 is 16.3. The molecule has 29 heavy (non-hydrogen) atoms. The molecule has 0 saturated carbocycles. The molecule has 1 aliphatic heterocycles. The van der Waals surface area contributed by atoms with E-state index in [9.17, 15) is 14.7 Å². The summed E-state index contributed by atoms with van der Waals surface area (Å²) in [5.74, 6) is -0.882. The number of ether oxygens (including phenoxy) is 3. The maximum atomic E-state index is 12.5. The molecule has 1 saturated heterocycles. The zero-order chi connectivity index (χ0) is 20.8. The number of nitrogens with zero attached hydrogens (tertiary/aromatic N) is 1. The average Bonchev–Trinajstić information content (AvgIpc) is 3.19. The lowest BCUT2D eigenvalue weighted by Crippen LogP contribution is -2.30. The molecule has 2 aromatic rings. The topological polar surface area (TPSA) is 85.3 Å². The van der Waals surface area contributed by atoms with Crippen LogP contribution in [0.1, 0.15) is 24.0 Å². The first-order valence-electron chi connectivity index (χ1n) is 9.52. The van der Waals surface area contributed by atoms with Crippen LogP contribution in [-0.2, 0) is 16.1 Å². The Balaban J connectivity index is 1.74. The van der Waals surface area contributed by atoms with Gasteiger partial charge in [0, 0.05) is 19.0 Å². The molecule has 0 aromatic heterocycles. The van der Waals surface area contributed by atoms with Crippen LogP contribution in [0.2, 0.25) is 0 Å². The third kappa shape index (κ3) is 4.80. The van der Waals surface area contributed by atoms with Crippen molar-refractivity contribution in [2.45, 2.75) is 19.4 Å². The molecule has 1 heterocycles. The third-order valence-corrected chi connectivity index (χ3v) is 5.02. The van der Waals surface area contributed by atoms with E-state index in [1.807, 2.05) is 43.3 Å². The second-order valence-electron chi connectivity index (χ2n) is 6.84. The second kappa shape index (κ2) is 9.32. The molecule has 154 valence electrons. The molecule has 1 fully saturated rings. The van der Waals surface area contributed by atoms with Gasteiger partial charge in [-0.25, -0.2) is 4.79 Å². The number of carboxylic acids is 1. The van der Waals surface area contributed by atoms with Gasteiger partial charge in [-0.05, 0) is 30.2 Å². The summed E-state index contributed by atoms with van der Waals surface area (Å²) in [6.07, 6.45) is -0.513. The first-order chi connectivity index (χ1) is 14.0. The van der Waals surface area contributed by atoms with Gasteiger partial charge in [-0.2, -0.15) is 0 Å². The van der Waals surface area contributed by atoms with Crippen molar-refractivity contribution in [2.75, 3.05) is 26.8 Å². The lowest BCUT2D eigenvalue weighted by atomic mass is 9.89. The van der Waals surface area contributed by atoms with E-state index in [4.69, 9.17) is 14.2 Å². The van der Waals surface area contributed by atoms with Gasteiger partial charge in [0.15, 0.2) is 11.5 Å². The Kier molecular flexibility index (Phi) is 6.59. The number of hydrogen-bond donors (Lipinski definition) is 1. The van der Waals surface area contributed by atoms with E-state index in [0.29, 0.717) is 18.1 Å². The summed E-state index contributed by atoms with van der Waals surface area (Å²) in [5, 5.41) is 9.69. The summed E-state index contributed by atoms with van der Waals surface area (Å²) in [6.45, 7) is 2.85. The van der Waals surface area contributed by atoms with E-state index in [1.165, 1.54) is 4.90 Å². The highest BCUT2D eigenvalue weighted by atomic mass is 16.6. The average molecular weight is 399 g/mol. The Bertz CT molecular complexity index is 854. The van der Waals surface area contributed by atoms with Gasteiger partial charge in [0.05, 0.1) is 19.6 Å². The fraction of sp³-hybridized carbons (Fsp3) is 0.364. The molecule has 0 spiro atoms. The molecule has 3 rings (SSSR count). The third-order valence-electron chi connectivity index (χ3n) is 5.02. The van der Waals surface area contributed by atoms with Gasteiger partial charge in [-0.3, -0.25) is 4.79 Å². The highest BCUT2D eigenvalue weighted by molar-refractivity contribution is 5.76. The Morgan fingerprint density at radius 1 is 1.10 bits per heavy atom. The second-order valence-corrected chi connectivity index (χ2v) is 6.84. The molecule has 2 atom stereocenters. The van der Waals surface area contributed by atoms with E-state index in [2.05, 4.69) is 0 Å². The van der Waals surface area contributed by atoms with Gasteiger partial charge in [0.2, 0.25) is 0 Å². The quantitative estimate of drug-likeness (QED) is 0.767. The number of methoxy groups -OCH3 is 1. The highest BCUT2D eigenvalue weighted by Crippen LogP contribution is 2.37. The maximum absolute atomic E-state index is 12.5. The highest BCUT2D eigenvalue weighted by Gasteiger charge is 2.41. The Hall–Kier alpha value is -3.22. The first kappa shape index (κ1) is 20.5. The molecule has 1 aliphatic rings. The van der Waals surface area contributed by atoms with Gasteiger partial charge < -0.3 is 24.2 Å². The normalized spacial score (nSPS) is 18.3. The van der Waals surface area contributed by atoms with E-state index in [0.717, 1.165) is 11.1 Å². The summed E-state index contributed by atoms with van der Waals surface area (Å²) in [5.41, 5.74) is 1.67. The molecule has 0 bridgehead atoms. The Morgan fingerprint density at radius 3 is 2.52 bits per heavy atom. The minimum atomic E-state index is -0.942. The van der Waals surface area contributed by atoms with Crippen LogP contribution < -0.4 is 9.47 Å². The summed E-state index contributed by atoms with van der Waals surface area (Å²) in [6, 6.07) is 14.7. The van der Waals surface area contributed by atoms with Crippen LogP contribution in [-0.4, -0.2) is 48.9 Å². The van der Waals surface area contributed by atoms with E-state index < -0.39 is 18.0 Å². The van der Waals surface area contributed by atoms with Gasteiger partial charge >= 0.3 is 12.1 Å². The summed E-state index contributed by atoms with van der Waals surface area (Å²) in [4.78, 5) is 25.8. The number of hydrogen-bond acceptors (Lipinski definition) is 5. The minimum absolute atomic E-state index is 0.101. The molecule has 2 unspecified atom stereocenters. The standard InChI is InChI=1S/C22H25NO6/c1-3-28-20-11-16(9-10-19(20)27-2)17-12-23(13-18(17)21(24)25)22(26)29-14-15-7-5-4-6-8-15/h4-11,17-18H,3,12-14H2,1-2H3,(H,24,25). The number of aliphatic carboxylic acids is 1. The Morgan fingerprint density at radius 2 is 1.86 bits per heavy atom. The molecule has 1 amide bonds. The number of likely N-dealkylation sites (tertiary alicyclic amines) is 1. The van der Waals surface area contributed by atoms with Gasteiger partial charge in [0.1, 0.15) is 6.61 Å². The van der Waals surface area contributed by atoms with Crippen LogP contribution in [0.4, 0.5) is 4.79 Å². The maximum Gasteiger partial charge on any atom is 0.410 e. The number of rotatable bonds is 7. The molecule has 1 N–H and O–H groups in total. The lowest BCUT2D eigenvalue weighted by molar-refractivity contribution is -0.141. The van der Waals surface area contributed by atoms with E-state index in [-0.39, 0.29) is 25.6 Å². The predicted molar refractivity (Wildman–Crippen MR) is 106 cm³/mol. The molecule has 2 aromatic carbocycles. The molecule has 7 heteroatoms. The van der Waals surface area contributed by atoms with Crippen molar-refractivity contribution in [3.63, 3.8) is 0 Å². The first-order valence-corrected chi connectivity index (χ1v) is 9.52. The monoisotopic (exact) mass is 399 g/mol. The summed E-state index contributed by atoms with van der Waals surface area (Å²) in [7, 11) is 1.55. The van der Waals surface area contributed by atoms with Crippen molar-refractivity contribution in [2.24, 2.45) is 5.92 Å². The number of carbonyl (C=O) groups is 2. The van der Waals surface area contributed by atoms with Crippen molar-refractivity contribution in [1.29, 1.82) is 0 Å². The van der Waals surface area contributed by atoms with Crippen LogP contribution in [0.3, 0.4) is 0 Å². The SMILES string of the molecule is CCOc1cc(C2CN(C(=O)OCc3ccccc3)CC2C(=O)O)ccc1OC. The van der Waals surface area contributed by atoms with E-state index >= 15 is 0 Å². The van der Waals surface area contributed by atoms with Gasteiger partial charge in [-0.15, -0.1) is 0 Å². The molecule has 0 aliphatic carbocycles. The van der Waals surface area contributed by atoms with Crippen LogP contribution in [0.5, 0.6) is 11.5 Å². The number of amides is 1. The molecular formula is C22H25NO6. The predicted octanol–water partition coefficient (Wildman–Crippen LogP) is 3.53. The lowest BCUT2D eigenvalue weighted by Gasteiger charge is -2.18. The van der Waals surface area contributed by atoms with Crippen molar-refractivity contribution in [3.05, 3.63) is 59.7 Å². The van der Waals surface area contributed by atoms with Crippen molar-refractivity contribution >= 4 is 12.1 Å². The molecule has 7 nitrogen and oxygen atoms in total.